The second kappa shape index (κ2) is 9.38. The molecule has 27 heavy (non-hydrogen) atoms. The fourth-order valence-corrected chi connectivity index (χ4v) is 3.63. The third-order valence-corrected chi connectivity index (χ3v) is 5.55. The first-order valence-electron chi connectivity index (χ1n) is 8.57. The van der Waals surface area contributed by atoms with E-state index in [-0.39, 0.29) is 30.1 Å². The first kappa shape index (κ1) is 20.7. The Morgan fingerprint density at radius 1 is 1.07 bits per heavy atom. The van der Waals surface area contributed by atoms with Gasteiger partial charge in [-0.05, 0) is 49.2 Å². The number of aryl methyl sites for hydroxylation is 1. The van der Waals surface area contributed by atoms with Crippen LogP contribution >= 0.6 is 0 Å². The van der Waals surface area contributed by atoms with E-state index in [4.69, 9.17) is 4.74 Å². The molecule has 0 saturated heterocycles. The molecule has 3 N–H and O–H groups in total. The molecule has 8 heteroatoms. The molecule has 7 nitrogen and oxygen atoms in total. The summed E-state index contributed by atoms with van der Waals surface area (Å²) in [5.74, 6) is 0.579. The lowest BCUT2D eigenvalue weighted by atomic mass is 10.0. The number of rotatable bonds is 8. The molecular weight excluding hydrogens is 366 g/mol. The monoisotopic (exact) mass is 391 g/mol. The van der Waals surface area contributed by atoms with Gasteiger partial charge in [0.1, 0.15) is 5.75 Å². The van der Waals surface area contributed by atoms with Gasteiger partial charge in [0.15, 0.2) is 0 Å². The normalized spacial score (nSPS) is 12.3. The summed E-state index contributed by atoms with van der Waals surface area (Å²) in [5.41, 5.74) is 2.13. The van der Waals surface area contributed by atoms with E-state index >= 15 is 0 Å². The van der Waals surface area contributed by atoms with Gasteiger partial charge in [0.2, 0.25) is 10.0 Å². The molecule has 0 heterocycles. The Kier molecular flexibility index (Phi) is 7.20. The lowest BCUT2D eigenvalue weighted by Crippen LogP contribution is -2.41. The fraction of sp³-hybridized carbons (Fsp3) is 0.316. The standard InChI is InChI=1S/C19H25N3O4S/c1-14-6-4-5-7-18(14)15(2)22-19(23)20-12-13-21-27(24,25)17-10-8-16(26-3)9-11-17/h4-11,15,21H,12-13H2,1-3H3,(H2,20,22,23). The van der Waals surface area contributed by atoms with Gasteiger partial charge >= 0.3 is 6.03 Å². The van der Waals surface area contributed by atoms with Crippen LogP contribution in [0.5, 0.6) is 5.75 Å². The average molecular weight is 391 g/mol. The summed E-state index contributed by atoms with van der Waals surface area (Å²) in [6.07, 6.45) is 0. The van der Waals surface area contributed by atoms with Gasteiger partial charge in [0, 0.05) is 13.1 Å². The molecule has 146 valence electrons. The molecule has 0 radical (unpaired) electrons. The quantitative estimate of drug-likeness (QED) is 0.602. The van der Waals surface area contributed by atoms with Crippen molar-refractivity contribution >= 4 is 16.1 Å². The van der Waals surface area contributed by atoms with Gasteiger partial charge in [-0.25, -0.2) is 17.9 Å². The molecule has 2 aromatic carbocycles. The number of sulfonamides is 1. The SMILES string of the molecule is COc1ccc(S(=O)(=O)NCCNC(=O)NC(C)c2ccccc2C)cc1. The van der Waals surface area contributed by atoms with Crippen LogP contribution in [0.3, 0.4) is 0 Å². The van der Waals surface area contributed by atoms with Crippen LogP contribution in [0.15, 0.2) is 53.4 Å². The minimum atomic E-state index is -3.63. The number of hydrogen-bond donors (Lipinski definition) is 3. The summed E-state index contributed by atoms with van der Waals surface area (Å²) in [6, 6.07) is 13.4. The second-order valence-electron chi connectivity index (χ2n) is 6.05. The topological polar surface area (TPSA) is 96.5 Å². The van der Waals surface area contributed by atoms with Gasteiger partial charge in [-0.2, -0.15) is 0 Å². The van der Waals surface area contributed by atoms with Gasteiger partial charge in [-0.15, -0.1) is 0 Å². The van der Waals surface area contributed by atoms with Crippen LogP contribution in [0.2, 0.25) is 0 Å². The molecule has 0 spiro atoms. The Hall–Kier alpha value is -2.58. The highest BCUT2D eigenvalue weighted by molar-refractivity contribution is 7.89. The third-order valence-electron chi connectivity index (χ3n) is 4.07. The number of benzene rings is 2. The Morgan fingerprint density at radius 2 is 1.74 bits per heavy atom. The maximum Gasteiger partial charge on any atom is 0.315 e. The highest BCUT2D eigenvalue weighted by Crippen LogP contribution is 2.16. The fourth-order valence-electron chi connectivity index (χ4n) is 2.60. The van der Waals surface area contributed by atoms with E-state index in [1.165, 1.54) is 19.2 Å². The highest BCUT2D eigenvalue weighted by Gasteiger charge is 2.14. The Labute approximate surface area is 160 Å². The van der Waals surface area contributed by atoms with Crippen LogP contribution in [0.4, 0.5) is 4.79 Å². The lowest BCUT2D eigenvalue weighted by molar-refractivity contribution is 0.238. The van der Waals surface area contributed by atoms with Gasteiger partial charge < -0.3 is 15.4 Å². The smallest absolute Gasteiger partial charge is 0.315 e. The molecule has 0 fully saturated rings. The molecule has 1 unspecified atom stereocenters. The average Bonchev–Trinajstić information content (AvgIpc) is 2.65. The molecule has 0 aliphatic heterocycles. The summed E-state index contributed by atoms with van der Waals surface area (Å²) in [6.45, 7) is 4.13. The largest absolute Gasteiger partial charge is 0.497 e. The molecule has 0 bridgehead atoms. The number of methoxy groups -OCH3 is 1. The van der Waals surface area contributed by atoms with Crippen molar-refractivity contribution in [3.05, 3.63) is 59.7 Å². The van der Waals surface area contributed by atoms with Gasteiger partial charge in [0.05, 0.1) is 18.0 Å². The van der Waals surface area contributed by atoms with Crippen LogP contribution in [0, 0.1) is 6.92 Å². The summed E-state index contributed by atoms with van der Waals surface area (Å²) < 4.78 is 31.9. The molecule has 1 atom stereocenters. The zero-order chi connectivity index (χ0) is 19.9. The number of carbonyl (C=O) groups excluding carboxylic acids is 1. The predicted octanol–water partition coefficient (Wildman–Crippen LogP) is 2.34. The number of urea groups is 1. The van der Waals surface area contributed by atoms with Gasteiger partial charge in [0.25, 0.3) is 0 Å². The Bertz CT molecular complexity index is 867. The van der Waals surface area contributed by atoms with Crippen molar-refractivity contribution < 1.29 is 17.9 Å². The number of amides is 2. The van der Waals surface area contributed by atoms with Crippen LogP contribution in [-0.4, -0.2) is 34.6 Å². The lowest BCUT2D eigenvalue weighted by Gasteiger charge is -2.17. The van der Waals surface area contributed by atoms with E-state index in [1.807, 2.05) is 38.1 Å². The van der Waals surface area contributed by atoms with E-state index in [0.29, 0.717) is 5.75 Å². The van der Waals surface area contributed by atoms with Gasteiger partial charge in [-0.3, -0.25) is 0 Å². The van der Waals surface area contributed by atoms with E-state index in [1.54, 1.807) is 12.1 Å². The highest BCUT2D eigenvalue weighted by atomic mass is 32.2. The van der Waals surface area contributed by atoms with E-state index in [2.05, 4.69) is 15.4 Å². The van der Waals surface area contributed by atoms with Crippen LogP contribution in [-0.2, 0) is 10.0 Å². The van der Waals surface area contributed by atoms with Crippen molar-refractivity contribution in [2.45, 2.75) is 24.8 Å². The summed E-state index contributed by atoms with van der Waals surface area (Å²) >= 11 is 0. The van der Waals surface area contributed by atoms with Crippen molar-refractivity contribution in [1.82, 2.24) is 15.4 Å². The van der Waals surface area contributed by atoms with E-state index in [9.17, 15) is 13.2 Å². The molecule has 0 aliphatic carbocycles. The third kappa shape index (κ3) is 5.97. The minimum absolute atomic E-state index is 0.0839. The predicted molar refractivity (Wildman–Crippen MR) is 104 cm³/mol. The van der Waals surface area contributed by atoms with E-state index < -0.39 is 10.0 Å². The maximum absolute atomic E-state index is 12.2. The molecular formula is C19H25N3O4S. The number of nitrogens with one attached hydrogen (secondary N) is 3. The Morgan fingerprint density at radius 3 is 2.37 bits per heavy atom. The molecule has 2 amide bonds. The molecule has 0 aliphatic rings. The zero-order valence-corrected chi connectivity index (χ0v) is 16.5. The summed E-state index contributed by atoms with van der Waals surface area (Å²) in [7, 11) is -2.12. The van der Waals surface area contributed by atoms with Crippen LogP contribution in [0.1, 0.15) is 24.1 Å². The van der Waals surface area contributed by atoms with Crippen molar-refractivity contribution in [3.8, 4) is 5.75 Å². The van der Waals surface area contributed by atoms with Crippen molar-refractivity contribution in [3.63, 3.8) is 0 Å². The number of hydrogen-bond acceptors (Lipinski definition) is 4. The molecule has 2 aromatic rings. The zero-order valence-electron chi connectivity index (χ0n) is 15.7. The van der Waals surface area contributed by atoms with Crippen molar-refractivity contribution in [1.29, 1.82) is 0 Å². The first-order chi connectivity index (χ1) is 12.8. The minimum Gasteiger partial charge on any atom is -0.497 e. The summed E-state index contributed by atoms with van der Waals surface area (Å²) in [4.78, 5) is 12.1. The first-order valence-corrected chi connectivity index (χ1v) is 10.1. The summed E-state index contributed by atoms with van der Waals surface area (Å²) in [5, 5.41) is 5.49. The van der Waals surface area contributed by atoms with Crippen LogP contribution < -0.4 is 20.1 Å². The number of ether oxygens (including phenoxy) is 1. The van der Waals surface area contributed by atoms with Crippen molar-refractivity contribution in [2.24, 2.45) is 0 Å². The second-order valence-corrected chi connectivity index (χ2v) is 7.82. The van der Waals surface area contributed by atoms with Gasteiger partial charge in [-0.1, -0.05) is 24.3 Å². The number of carbonyl (C=O) groups is 1. The molecule has 0 saturated carbocycles. The maximum atomic E-state index is 12.2. The molecule has 0 aromatic heterocycles. The van der Waals surface area contributed by atoms with E-state index in [0.717, 1.165) is 11.1 Å². The van der Waals surface area contributed by atoms with Crippen molar-refractivity contribution in [2.75, 3.05) is 20.2 Å². The Balaban J connectivity index is 1.78. The molecule has 2 rings (SSSR count). The van der Waals surface area contributed by atoms with Crippen LogP contribution in [0.25, 0.3) is 0 Å².